The molecule has 1 aliphatic rings. The number of halogens is 2. The van der Waals surface area contributed by atoms with Crippen LogP contribution in [0.1, 0.15) is 29.5 Å². The van der Waals surface area contributed by atoms with Crippen LogP contribution in [0.5, 0.6) is 0 Å². The van der Waals surface area contributed by atoms with Crippen LogP contribution in [-0.2, 0) is 24.4 Å². The third-order valence-corrected chi connectivity index (χ3v) is 5.21. The van der Waals surface area contributed by atoms with E-state index in [9.17, 15) is 4.79 Å². The zero-order valence-corrected chi connectivity index (χ0v) is 20.0. The van der Waals surface area contributed by atoms with Crippen LogP contribution in [0.25, 0.3) is 0 Å². The minimum Gasteiger partial charge on any atom is -0.352 e. The van der Waals surface area contributed by atoms with Crippen molar-refractivity contribution >= 4 is 47.4 Å². The molecule has 5 nitrogen and oxygen atoms in total. The van der Waals surface area contributed by atoms with Gasteiger partial charge < -0.3 is 15.1 Å². The van der Waals surface area contributed by atoms with Gasteiger partial charge >= 0.3 is 0 Å². The number of rotatable bonds is 6. The Morgan fingerprint density at radius 1 is 1.21 bits per heavy atom. The topological polar surface area (TPSA) is 47.9 Å². The molecular weight excluding hydrogens is 499 g/mol. The second-order valence-electron chi connectivity index (χ2n) is 7.07. The largest absolute Gasteiger partial charge is 0.352 e. The Hall–Kier alpha value is -1.80. The van der Waals surface area contributed by atoms with Gasteiger partial charge in [0.1, 0.15) is 0 Å². The summed E-state index contributed by atoms with van der Waals surface area (Å²) < 4.78 is 0. The van der Waals surface area contributed by atoms with Crippen LogP contribution in [-0.4, -0.2) is 42.3 Å². The van der Waals surface area contributed by atoms with Crippen molar-refractivity contribution in [2.75, 3.05) is 20.6 Å². The van der Waals surface area contributed by atoms with Crippen molar-refractivity contribution in [2.45, 2.75) is 32.5 Å². The lowest BCUT2D eigenvalue weighted by Crippen LogP contribution is -2.38. The van der Waals surface area contributed by atoms with E-state index >= 15 is 0 Å². The molecule has 1 aliphatic heterocycles. The van der Waals surface area contributed by atoms with Gasteiger partial charge in [-0.3, -0.25) is 9.79 Å². The standard InChI is InChI=1S/C22H27ClN4O.HI/c1-24-22(26(2)15-17-7-5-10-20(23)13-17)25-14-18-8-3-4-9-19(18)16-27-12-6-11-21(27)28;/h3-5,7-10,13H,6,11-12,14-16H2,1-2H3,(H,24,25);1H. The first-order valence-electron chi connectivity index (χ1n) is 9.57. The number of amides is 1. The molecule has 3 rings (SSSR count). The quantitative estimate of drug-likeness (QED) is 0.347. The molecule has 0 atom stereocenters. The van der Waals surface area contributed by atoms with Crippen LogP contribution in [0.3, 0.4) is 0 Å². The highest BCUT2D eigenvalue weighted by Gasteiger charge is 2.21. The Bertz CT molecular complexity index is 858. The van der Waals surface area contributed by atoms with Crippen molar-refractivity contribution in [1.29, 1.82) is 0 Å². The highest BCUT2D eigenvalue weighted by atomic mass is 127. The van der Waals surface area contributed by atoms with Gasteiger partial charge in [-0.25, -0.2) is 0 Å². The van der Waals surface area contributed by atoms with Gasteiger partial charge in [-0.2, -0.15) is 0 Å². The van der Waals surface area contributed by atoms with Crippen molar-refractivity contribution in [3.63, 3.8) is 0 Å². The summed E-state index contributed by atoms with van der Waals surface area (Å²) in [5, 5.41) is 4.17. The highest BCUT2D eigenvalue weighted by molar-refractivity contribution is 14.0. The molecule has 1 amide bonds. The van der Waals surface area contributed by atoms with Crippen molar-refractivity contribution in [1.82, 2.24) is 15.1 Å². The van der Waals surface area contributed by atoms with Crippen LogP contribution >= 0.6 is 35.6 Å². The third kappa shape index (κ3) is 6.60. The zero-order valence-electron chi connectivity index (χ0n) is 16.9. The van der Waals surface area contributed by atoms with Gasteiger partial charge in [-0.05, 0) is 35.2 Å². The molecule has 1 saturated heterocycles. The summed E-state index contributed by atoms with van der Waals surface area (Å²) in [4.78, 5) is 20.4. The molecular formula is C22H28ClIN4O. The summed E-state index contributed by atoms with van der Waals surface area (Å²) in [7, 11) is 3.79. The lowest BCUT2D eigenvalue weighted by molar-refractivity contribution is -0.128. The number of hydrogen-bond acceptors (Lipinski definition) is 2. The number of carbonyl (C=O) groups is 1. The van der Waals surface area contributed by atoms with E-state index in [2.05, 4.69) is 33.4 Å². The molecule has 29 heavy (non-hydrogen) atoms. The fourth-order valence-corrected chi connectivity index (χ4v) is 3.72. The molecule has 0 saturated carbocycles. The normalized spacial score (nSPS) is 14.0. The molecule has 0 bridgehead atoms. The molecule has 0 spiro atoms. The van der Waals surface area contributed by atoms with Crippen LogP contribution in [0.15, 0.2) is 53.5 Å². The van der Waals surface area contributed by atoms with Crippen molar-refractivity contribution in [3.05, 3.63) is 70.2 Å². The van der Waals surface area contributed by atoms with E-state index in [0.29, 0.717) is 26.1 Å². The van der Waals surface area contributed by atoms with Crippen LogP contribution < -0.4 is 5.32 Å². The molecule has 1 N–H and O–H groups in total. The first-order valence-corrected chi connectivity index (χ1v) is 9.95. The smallest absolute Gasteiger partial charge is 0.222 e. The maximum atomic E-state index is 12.0. The van der Waals surface area contributed by atoms with Crippen molar-refractivity contribution in [3.8, 4) is 0 Å². The van der Waals surface area contributed by atoms with E-state index in [0.717, 1.165) is 29.5 Å². The average Bonchev–Trinajstić information content (AvgIpc) is 3.08. The predicted octanol–water partition coefficient (Wildman–Crippen LogP) is 4.29. The van der Waals surface area contributed by atoms with E-state index in [1.165, 1.54) is 11.1 Å². The van der Waals surface area contributed by atoms with Gasteiger partial charge in [-0.15, -0.1) is 24.0 Å². The molecule has 2 aromatic carbocycles. The minimum absolute atomic E-state index is 0. The Morgan fingerprint density at radius 2 is 1.97 bits per heavy atom. The minimum atomic E-state index is 0. The lowest BCUT2D eigenvalue weighted by Gasteiger charge is -2.23. The fourth-order valence-electron chi connectivity index (χ4n) is 3.50. The summed E-state index contributed by atoms with van der Waals surface area (Å²) in [5.74, 6) is 1.06. The SMILES string of the molecule is CN=C(NCc1ccccc1CN1CCCC1=O)N(C)Cc1cccc(Cl)c1.I. The monoisotopic (exact) mass is 526 g/mol. The first kappa shape index (κ1) is 23.5. The van der Waals surface area contributed by atoms with Gasteiger partial charge in [0.25, 0.3) is 0 Å². The van der Waals surface area contributed by atoms with E-state index < -0.39 is 0 Å². The maximum absolute atomic E-state index is 12.0. The van der Waals surface area contributed by atoms with Gasteiger partial charge in [0, 0.05) is 51.7 Å². The molecule has 7 heteroatoms. The molecule has 0 radical (unpaired) electrons. The number of guanidine groups is 1. The van der Waals surface area contributed by atoms with E-state index in [1.807, 2.05) is 42.3 Å². The molecule has 156 valence electrons. The van der Waals surface area contributed by atoms with Gasteiger partial charge in [0.05, 0.1) is 0 Å². The lowest BCUT2D eigenvalue weighted by atomic mass is 10.1. The molecule has 0 aromatic heterocycles. The fraction of sp³-hybridized carbons (Fsp3) is 0.364. The Balaban J connectivity index is 0.00000300. The number of nitrogens with zero attached hydrogens (tertiary/aromatic N) is 3. The number of benzene rings is 2. The van der Waals surface area contributed by atoms with Crippen LogP contribution in [0.2, 0.25) is 5.02 Å². The van der Waals surface area contributed by atoms with Gasteiger partial charge in [0.2, 0.25) is 5.91 Å². The number of aliphatic imine (C=N–C) groups is 1. The molecule has 0 unspecified atom stereocenters. The van der Waals surface area contributed by atoms with Crippen LogP contribution in [0, 0.1) is 0 Å². The summed E-state index contributed by atoms with van der Waals surface area (Å²) in [6, 6.07) is 16.1. The summed E-state index contributed by atoms with van der Waals surface area (Å²) in [5.41, 5.74) is 3.49. The molecule has 2 aromatic rings. The second kappa shape index (κ2) is 11.4. The maximum Gasteiger partial charge on any atom is 0.222 e. The molecule has 0 aliphatic carbocycles. The average molecular weight is 527 g/mol. The van der Waals surface area contributed by atoms with Crippen molar-refractivity contribution in [2.24, 2.45) is 4.99 Å². The van der Waals surface area contributed by atoms with E-state index in [1.54, 1.807) is 7.05 Å². The van der Waals surface area contributed by atoms with Crippen molar-refractivity contribution < 1.29 is 4.79 Å². The van der Waals surface area contributed by atoms with E-state index in [4.69, 9.17) is 11.6 Å². The highest BCUT2D eigenvalue weighted by Crippen LogP contribution is 2.17. The Morgan fingerprint density at radius 3 is 2.62 bits per heavy atom. The second-order valence-corrected chi connectivity index (χ2v) is 7.51. The van der Waals surface area contributed by atoms with Crippen LogP contribution in [0.4, 0.5) is 0 Å². The third-order valence-electron chi connectivity index (χ3n) is 4.97. The molecule has 1 heterocycles. The van der Waals surface area contributed by atoms with Gasteiger partial charge in [-0.1, -0.05) is 48.0 Å². The van der Waals surface area contributed by atoms with E-state index in [-0.39, 0.29) is 29.9 Å². The summed E-state index contributed by atoms with van der Waals surface area (Å²) in [6.07, 6.45) is 1.63. The number of likely N-dealkylation sites (tertiary alicyclic amines) is 1. The Kier molecular flexibility index (Phi) is 9.23. The molecule has 1 fully saturated rings. The number of hydrogen-bond donors (Lipinski definition) is 1. The van der Waals surface area contributed by atoms with Gasteiger partial charge in [0.15, 0.2) is 5.96 Å². The number of carbonyl (C=O) groups excluding carboxylic acids is 1. The first-order chi connectivity index (χ1) is 13.6. The predicted molar refractivity (Wildman–Crippen MR) is 130 cm³/mol. The Labute approximate surface area is 195 Å². The summed E-state index contributed by atoms with van der Waals surface area (Å²) in [6.45, 7) is 2.90. The zero-order chi connectivity index (χ0) is 19.9. The summed E-state index contributed by atoms with van der Waals surface area (Å²) >= 11 is 6.09. The number of nitrogens with one attached hydrogen (secondary N) is 1.